The number of rotatable bonds is 1. The van der Waals surface area contributed by atoms with Gasteiger partial charge < -0.3 is 4.90 Å². The summed E-state index contributed by atoms with van der Waals surface area (Å²) in [7, 11) is 0. The Morgan fingerprint density at radius 1 is 1.36 bits per heavy atom. The van der Waals surface area contributed by atoms with E-state index >= 15 is 0 Å². The zero-order valence-corrected chi connectivity index (χ0v) is 8.45. The first-order valence-corrected chi connectivity index (χ1v) is 5.04. The number of nitrogens with zero attached hydrogens (tertiary/aromatic N) is 2. The van der Waals surface area contributed by atoms with Crippen LogP contribution in [0.15, 0.2) is 18.5 Å². The number of nitrogens with one attached hydrogen (secondary N) is 1. The van der Waals surface area contributed by atoms with Crippen LogP contribution in [0.5, 0.6) is 0 Å². The predicted molar refractivity (Wildman–Crippen MR) is 57.9 cm³/mol. The van der Waals surface area contributed by atoms with Gasteiger partial charge in [0.25, 0.3) is 0 Å². The Kier molecular flexibility index (Phi) is 2.48. The van der Waals surface area contributed by atoms with E-state index in [2.05, 4.69) is 16.0 Å². The molecule has 0 amide bonds. The van der Waals surface area contributed by atoms with Crippen molar-refractivity contribution in [2.45, 2.75) is 26.2 Å². The van der Waals surface area contributed by atoms with Gasteiger partial charge in [0, 0.05) is 19.2 Å². The second-order valence-electron chi connectivity index (χ2n) is 3.78. The van der Waals surface area contributed by atoms with Crippen molar-refractivity contribution in [3.8, 4) is 0 Å². The number of hydrogen-bond donors (Lipinski definition) is 1. The van der Waals surface area contributed by atoms with Crippen LogP contribution < -0.4 is 4.90 Å². The van der Waals surface area contributed by atoms with Gasteiger partial charge in [0.1, 0.15) is 5.84 Å². The molecule has 0 radical (unpaired) electrons. The van der Waals surface area contributed by atoms with E-state index in [1.807, 2.05) is 19.3 Å². The number of piperidine rings is 1. The maximum Gasteiger partial charge on any atom is 0.100 e. The molecule has 2 rings (SSSR count). The molecule has 1 aromatic heterocycles. The molecular weight excluding hydrogens is 174 g/mol. The maximum atomic E-state index is 7.85. The van der Waals surface area contributed by atoms with Gasteiger partial charge in [-0.1, -0.05) is 0 Å². The highest BCUT2D eigenvalue weighted by atomic mass is 15.2. The molecule has 3 heteroatoms. The summed E-state index contributed by atoms with van der Waals surface area (Å²) in [5.74, 6) is 0.726. The van der Waals surface area contributed by atoms with Crippen LogP contribution in [-0.2, 0) is 0 Å². The Morgan fingerprint density at radius 2 is 2.21 bits per heavy atom. The Morgan fingerprint density at radius 3 is 2.93 bits per heavy atom. The number of aromatic nitrogens is 1. The van der Waals surface area contributed by atoms with Gasteiger partial charge in [0.15, 0.2) is 0 Å². The topological polar surface area (TPSA) is 40.0 Å². The summed E-state index contributed by atoms with van der Waals surface area (Å²) in [5.41, 5.74) is 2.22. The lowest BCUT2D eigenvalue weighted by Crippen LogP contribution is -2.34. The summed E-state index contributed by atoms with van der Waals surface area (Å²) in [6, 6.07) is 2.09. The summed E-state index contributed by atoms with van der Waals surface area (Å²) < 4.78 is 0. The quantitative estimate of drug-likeness (QED) is 0.736. The monoisotopic (exact) mass is 189 g/mol. The van der Waals surface area contributed by atoms with Crippen molar-refractivity contribution in [2.75, 3.05) is 11.4 Å². The molecule has 0 spiro atoms. The molecule has 0 unspecified atom stereocenters. The first-order valence-electron chi connectivity index (χ1n) is 5.04. The fraction of sp³-hybridized carbons (Fsp3) is 0.455. The average molecular weight is 189 g/mol. The molecule has 3 nitrogen and oxygen atoms in total. The largest absolute Gasteiger partial charge is 0.329 e. The van der Waals surface area contributed by atoms with Crippen LogP contribution in [-0.4, -0.2) is 17.4 Å². The third-order valence-corrected chi connectivity index (χ3v) is 2.54. The van der Waals surface area contributed by atoms with Crippen LogP contribution >= 0.6 is 0 Å². The Bertz CT molecular complexity index is 346. The summed E-state index contributed by atoms with van der Waals surface area (Å²) in [5, 5.41) is 7.85. The van der Waals surface area contributed by atoms with Gasteiger partial charge in [-0.3, -0.25) is 10.4 Å². The summed E-state index contributed by atoms with van der Waals surface area (Å²) in [4.78, 5) is 6.21. The lowest BCUT2D eigenvalue weighted by Gasteiger charge is -2.29. The number of anilines is 1. The summed E-state index contributed by atoms with van der Waals surface area (Å²) in [6.45, 7) is 2.99. The Labute approximate surface area is 84.3 Å². The van der Waals surface area contributed by atoms with Crippen molar-refractivity contribution in [2.24, 2.45) is 0 Å². The molecule has 0 aliphatic carbocycles. The van der Waals surface area contributed by atoms with Gasteiger partial charge >= 0.3 is 0 Å². The van der Waals surface area contributed by atoms with Gasteiger partial charge in [0.05, 0.1) is 11.9 Å². The molecule has 1 aliphatic rings. The minimum Gasteiger partial charge on any atom is -0.329 e. The zero-order chi connectivity index (χ0) is 9.97. The van der Waals surface area contributed by atoms with E-state index in [9.17, 15) is 0 Å². The third-order valence-electron chi connectivity index (χ3n) is 2.54. The Balaban J connectivity index is 2.24. The smallest absolute Gasteiger partial charge is 0.100 e. The molecular formula is C11H15N3. The van der Waals surface area contributed by atoms with Crippen LogP contribution in [0.1, 0.15) is 24.8 Å². The molecule has 2 heterocycles. The van der Waals surface area contributed by atoms with Crippen LogP contribution in [0.2, 0.25) is 0 Å². The predicted octanol–water partition coefficient (Wildman–Crippen LogP) is 2.36. The number of pyridine rings is 1. The zero-order valence-electron chi connectivity index (χ0n) is 8.45. The van der Waals surface area contributed by atoms with Crippen molar-refractivity contribution >= 4 is 11.5 Å². The van der Waals surface area contributed by atoms with Crippen molar-refractivity contribution in [1.29, 1.82) is 5.41 Å². The molecule has 0 atom stereocenters. The summed E-state index contributed by atoms with van der Waals surface area (Å²) >= 11 is 0. The highest BCUT2D eigenvalue weighted by Gasteiger charge is 2.16. The fourth-order valence-electron chi connectivity index (χ4n) is 1.80. The second kappa shape index (κ2) is 3.78. The van der Waals surface area contributed by atoms with Crippen molar-refractivity contribution in [1.82, 2.24) is 4.98 Å². The molecule has 1 saturated heterocycles. The number of hydrogen-bond acceptors (Lipinski definition) is 2. The molecule has 1 aromatic rings. The van der Waals surface area contributed by atoms with Crippen LogP contribution in [0.4, 0.5) is 5.69 Å². The fourth-order valence-corrected chi connectivity index (χ4v) is 1.80. The SMILES string of the molecule is Cc1cncc(N2CCCCC2=N)c1. The first kappa shape index (κ1) is 9.19. The maximum absolute atomic E-state index is 7.85. The van der Waals surface area contributed by atoms with E-state index in [1.165, 1.54) is 6.42 Å². The number of amidine groups is 1. The highest BCUT2D eigenvalue weighted by molar-refractivity contribution is 5.95. The van der Waals surface area contributed by atoms with Gasteiger partial charge in [0.2, 0.25) is 0 Å². The lowest BCUT2D eigenvalue weighted by molar-refractivity contribution is 0.707. The minimum absolute atomic E-state index is 0.726. The van der Waals surface area contributed by atoms with E-state index in [0.29, 0.717) is 0 Å². The lowest BCUT2D eigenvalue weighted by atomic mass is 10.1. The van der Waals surface area contributed by atoms with Crippen molar-refractivity contribution in [3.05, 3.63) is 24.0 Å². The first-order chi connectivity index (χ1) is 6.77. The molecule has 0 aromatic carbocycles. The summed E-state index contributed by atoms with van der Waals surface area (Å²) in [6.07, 6.45) is 6.91. The standard InChI is InChI=1S/C11H15N3/c1-9-6-10(8-13-7-9)14-5-3-2-4-11(14)12/h6-8,12H,2-5H2,1H3. The normalized spacial score (nSPS) is 17.2. The third kappa shape index (κ3) is 1.76. The van der Waals surface area contributed by atoms with Gasteiger partial charge in [-0.2, -0.15) is 0 Å². The number of aryl methyl sites for hydroxylation is 1. The van der Waals surface area contributed by atoms with Gasteiger partial charge in [-0.25, -0.2) is 0 Å². The minimum atomic E-state index is 0.726. The molecule has 0 saturated carbocycles. The van der Waals surface area contributed by atoms with E-state index in [1.54, 1.807) is 0 Å². The molecule has 1 aliphatic heterocycles. The molecule has 14 heavy (non-hydrogen) atoms. The molecule has 1 N–H and O–H groups in total. The Hall–Kier alpha value is -1.38. The van der Waals surface area contributed by atoms with E-state index in [4.69, 9.17) is 5.41 Å². The van der Waals surface area contributed by atoms with Gasteiger partial charge in [-0.05, 0) is 31.4 Å². The average Bonchev–Trinajstić information content (AvgIpc) is 2.18. The van der Waals surface area contributed by atoms with E-state index < -0.39 is 0 Å². The molecule has 74 valence electrons. The van der Waals surface area contributed by atoms with Crippen LogP contribution in [0, 0.1) is 12.3 Å². The van der Waals surface area contributed by atoms with Crippen molar-refractivity contribution < 1.29 is 0 Å². The van der Waals surface area contributed by atoms with Gasteiger partial charge in [-0.15, -0.1) is 0 Å². The van der Waals surface area contributed by atoms with Crippen LogP contribution in [0.25, 0.3) is 0 Å². The van der Waals surface area contributed by atoms with Crippen molar-refractivity contribution in [3.63, 3.8) is 0 Å². The van der Waals surface area contributed by atoms with Crippen LogP contribution in [0.3, 0.4) is 0 Å². The molecule has 0 bridgehead atoms. The molecule has 1 fully saturated rings. The van der Waals surface area contributed by atoms with E-state index in [0.717, 1.165) is 36.5 Å². The highest BCUT2D eigenvalue weighted by Crippen LogP contribution is 2.20. The second-order valence-corrected chi connectivity index (χ2v) is 3.78. The van der Waals surface area contributed by atoms with E-state index in [-0.39, 0.29) is 0 Å².